The van der Waals surface area contributed by atoms with Crippen molar-refractivity contribution in [3.05, 3.63) is 64.4 Å². The van der Waals surface area contributed by atoms with Gasteiger partial charge in [-0.3, -0.25) is 9.59 Å². The predicted octanol–water partition coefficient (Wildman–Crippen LogP) is 2.78. The van der Waals surface area contributed by atoms with Crippen molar-refractivity contribution in [1.29, 1.82) is 0 Å². The number of nitrogens with one attached hydrogen (secondary N) is 1. The van der Waals surface area contributed by atoms with E-state index >= 15 is 0 Å². The second-order valence-corrected chi connectivity index (χ2v) is 5.13. The molecule has 5 nitrogen and oxygen atoms in total. The Hall–Kier alpha value is -2.95. The molecule has 22 heavy (non-hydrogen) atoms. The zero-order valence-electron chi connectivity index (χ0n) is 11.9. The molecule has 2 aromatic carbocycles. The van der Waals surface area contributed by atoms with E-state index < -0.39 is 11.9 Å². The highest BCUT2D eigenvalue weighted by molar-refractivity contribution is 5.93. The van der Waals surface area contributed by atoms with Gasteiger partial charge in [-0.05, 0) is 18.6 Å². The van der Waals surface area contributed by atoms with Crippen LogP contribution in [0, 0.1) is 0 Å². The molecule has 0 bridgehead atoms. The fraction of sp³-hybridized carbons (Fsp3) is 0.118. The fourth-order valence-electron chi connectivity index (χ4n) is 2.41. The molecule has 0 saturated heterocycles. The van der Waals surface area contributed by atoms with Crippen LogP contribution in [0.2, 0.25) is 0 Å². The summed E-state index contributed by atoms with van der Waals surface area (Å²) in [7, 11) is 0. The largest absolute Gasteiger partial charge is 0.481 e. The van der Waals surface area contributed by atoms with Crippen LogP contribution in [0.25, 0.3) is 22.0 Å². The molecule has 0 radical (unpaired) electrons. The van der Waals surface area contributed by atoms with Crippen LogP contribution in [0.1, 0.15) is 18.4 Å². The van der Waals surface area contributed by atoms with Crippen LogP contribution in [0.4, 0.5) is 0 Å². The molecule has 0 amide bonds. The Kier molecular flexibility index (Phi) is 3.47. The van der Waals surface area contributed by atoms with E-state index in [-0.39, 0.29) is 5.56 Å². The molecule has 1 heterocycles. The SMILES string of the molecule is CC(C(=O)O)c1ccc(-c2n[nH]c(=O)c3ccccc23)cc1. The smallest absolute Gasteiger partial charge is 0.310 e. The third-order valence-electron chi connectivity index (χ3n) is 3.75. The first-order chi connectivity index (χ1) is 10.6. The first kappa shape index (κ1) is 14.0. The molecular weight excluding hydrogens is 280 g/mol. The van der Waals surface area contributed by atoms with Crippen molar-refractivity contribution in [2.45, 2.75) is 12.8 Å². The molecule has 2 N–H and O–H groups in total. The second kappa shape index (κ2) is 5.44. The molecule has 0 aliphatic carbocycles. The maximum Gasteiger partial charge on any atom is 0.310 e. The monoisotopic (exact) mass is 294 g/mol. The van der Waals surface area contributed by atoms with Crippen LogP contribution in [0.15, 0.2) is 53.3 Å². The second-order valence-electron chi connectivity index (χ2n) is 5.13. The van der Waals surface area contributed by atoms with Gasteiger partial charge < -0.3 is 5.11 Å². The van der Waals surface area contributed by atoms with Crippen LogP contribution in [-0.2, 0) is 4.79 Å². The van der Waals surface area contributed by atoms with Gasteiger partial charge >= 0.3 is 5.97 Å². The summed E-state index contributed by atoms with van der Waals surface area (Å²) in [5.74, 6) is -1.42. The molecule has 0 aliphatic heterocycles. The van der Waals surface area contributed by atoms with E-state index in [1.807, 2.05) is 24.3 Å². The number of aliphatic carboxylic acids is 1. The van der Waals surface area contributed by atoms with Crippen molar-refractivity contribution in [3.8, 4) is 11.3 Å². The molecule has 1 atom stereocenters. The van der Waals surface area contributed by atoms with Gasteiger partial charge in [0.25, 0.3) is 5.56 Å². The Morgan fingerprint density at radius 3 is 2.36 bits per heavy atom. The number of H-pyrrole nitrogens is 1. The van der Waals surface area contributed by atoms with Gasteiger partial charge in [0.05, 0.1) is 17.0 Å². The standard InChI is InChI=1S/C17H14N2O3/c1-10(17(21)22)11-6-8-12(9-7-11)15-13-4-2-3-5-14(13)16(20)19-18-15/h2-10H,1H3,(H,19,20)(H,21,22). The number of fused-ring (bicyclic) bond motifs is 1. The Labute approximate surface area is 126 Å². The topological polar surface area (TPSA) is 83.0 Å². The number of carbonyl (C=O) groups is 1. The van der Waals surface area contributed by atoms with Gasteiger partial charge in [0.15, 0.2) is 0 Å². The van der Waals surface area contributed by atoms with Crippen molar-refractivity contribution < 1.29 is 9.90 Å². The van der Waals surface area contributed by atoms with Crippen LogP contribution in [0.3, 0.4) is 0 Å². The number of hydrogen-bond acceptors (Lipinski definition) is 3. The number of benzene rings is 2. The number of hydrogen-bond donors (Lipinski definition) is 2. The molecule has 110 valence electrons. The van der Waals surface area contributed by atoms with Crippen LogP contribution in [-0.4, -0.2) is 21.3 Å². The molecule has 1 aromatic heterocycles. The summed E-state index contributed by atoms with van der Waals surface area (Å²) in [5.41, 5.74) is 2.00. The van der Waals surface area contributed by atoms with Crippen molar-refractivity contribution >= 4 is 16.7 Å². The summed E-state index contributed by atoms with van der Waals surface area (Å²) in [5, 5.41) is 17.0. The van der Waals surface area contributed by atoms with E-state index in [9.17, 15) is 9.59 Å². The average molecular weight is 294 g/mol. The first-order valence-corrected chi connectivity index (χ1v) is 6.88. The molecule has 0 saturated carbocycles. The molecule has 0 fully saturated rings. The number of nitrogens with zero attached hydrogens (tertiary/aromatic N) is 1. The molecule has 0 aliphatic rings. The number of rotatable bonds is 3. The highest BCUT2D eigenvalue weighted by atomic mass is 16.4. The Bertz CT molecular complexity index is 898. The summed E-state index contributed by atoms with van der Waals surface area (Å²) in [6.07, 6.45) is 0. The third kappa shape index (κ3) is 2.37. The number of aromatic amines is 1. The van der Waals surface area contributed by atoms with Crippen LogP contribution in [0.5, 0.6) is 0 Å². The van der Waals surface area contributed by atoms with Crippen molar-refractivity contribution in [1.82, 2.24) is 10.2 Å². The zero-order valence-corrected chi connectivity index (χ0v) is 11.9. The van der Waals surface area contributed by atoms with Gasteiger partial charge in [0, 0.05) is 10.9 Å². The molecule has 0 spiro atoms. The molecule has 3 rings (SSSR count). The quantitative estimate of drug-likeness (QED) is 0.778. The summed E-state index contributed by atoms with van der Waals surface area (Å²) >= 11 is 0. The van der Waals surface area contributed by atoms with Crippen LogP contribution < -0.4 is 5.56 Å². The van der Waals surface area contributed by atoms with Crippen molar-refractivity contribution in [3.63, 3.8) is 0 Å². The third-order valence-corrected chi connectivity index (χ3v) is 3.75. The lowest BCUT2D eigenvalue weighted by Crippen LogP contribution is -2.09. The fourth-order valence-corrected chi connectivity index (χ4v) is 2.41. The highest BCUT2D eigenvalue weighted by Gasteiger charge is 2.14. The van der Waals surface area contributed by atoms with E-state index in [0.29, 0.717) is 11.1 Å². The summed E-state index contributed by atoms with van der Waals surface area (Å²) in [4.78, 5) is 22.8. The molecule has 5 heteroatoms. The lowest BCUT2D eigenvalue weighted by molar-refractivity contribution is -0.138. The van der Waals surface area contributed by atoms with Gasteiger partial charge in [0.1, 0.15) is 0 Å². The molecular formula is C17H14N2O3. The van der Waals surface area contributed by atoms with Gasteiger partial charge in [0.2, 0.25) is 0 Å². The minimum atomic E-state index is -0.861. The normalized spacial score (nSPS) is 12.2. The van der Waals surface area contributed by atoms with E-state index in [1.165, 1.54) is 0 Å². The average Bonchev–Trinajstić information content (AvgIpc) is 2.55. The van der Waals surface area contributed by atoms with E-state index in [4.69, 9.17) is 5.11 Å². The highest BCUT2D eigenvalue weighted by Crippen LogP contribution is 2.26. The predicted molar refractivity (Wildman–Crippen MR) is 83.9 cm³/mol. The van der Waals surface area contributed by atoms with Gasteiger partial charge in [-0.1, -0.05) is 42.5 Å². The molecule has 3 aromatic rings. The number of carboxylic acid groups (broad SMARTS) is 1. The Balaban J connectivity index is 2.11. The summed E-state index contributed by atoms with van der Waals surface area (Å²) in [6, 6.07) is 14.4. The number of aromatic nitrogens is 2. The summed E-state index contributed by atoms with van der Waals surface area (Å²) < 4.78 is 0. The minimum Gasteiger partial charge on any atom is -0.481 e. The Morgan fingerprint density at radius 2 is 1.73 bits per heavy atom. The zero-order chi connectivity index (χ0) is 15.7. The maximum atomic E-state index is 11.8. The van der Waals surface area contributed by atoms with Gasteiger partial charge in [-0.15, -0.1) is 0 Å². The van der Waals surface area contributed by atoms with E-state index in [2.05, 4.69) is 10.2 Å². The number of carboxylic acids is 1. The summed E-state index contributed by atoms with van der Waals surface area (Å²) in [6.45, 7) is 1.64. The Morgan fingerprint density at radius 1 is 1.09 bits per heavy atom. The maximum absolute atomic E-state index is 11.8. The van der Waals surface area contributed by atoms with Crippen molar-refractivity contribution in [2.75, 3.05) is 0 Å². The van der Waals surface area contributed by atoms with Crippen LogP contribution >= 0.6 is 0 Å². The van der Waals surface area contributed by atoms with Gasteiger partial charge in [-0.2, -0.15) is 5.10 Å². The lowest BCUT2D eigenvalue weighted by Gasteiger charge is -2.09. The minimum absolute atomic E-state index is 0.226. The van der Waals surface area contributed by atoms with Crippen molar-refractivity contribution in [2.24, 2.45) is 0 Å². The lowest BCUT2D eigenvalue weighted by atomic mass is 9.98. The van der Waals surface area contributed by atoms with E-state index in [0.717, 1.165) is 16.5 Å². The van der Waals surface area contributed by atoms with E-state index in [1.54, 1.807) is 31.2 Å². The van der Waals surface area contributed by atoms with Gasteiger partial charge in [-0.25, -0.2) is 5.10 Å². The first-order valence-electron chi connectivity index (χ1n) is 6.88. The molecule has 1 unspecified atom stereocenters.